The van der Waals surface area contributed by atoms with E-state index in [4.69, 9.17) is 10.2 Å². The summed E-state index contributed by atoms with van der Waals surface area (Å²) in [5, 5.41) is 17.9. The van der Waals surface area contributed by atoms with E-state index >= 15 is 0 Å². The lowest BCUT2D eigenvalue weighted by Gasteiger charge is -2.29. The molecule has 4 unspecified atom stereocenters. The van der Waals surface area contributed by atoms with Crippen LogP contribution in [-0.2, 0) is 23.9 Å². The highest BCUT2D eigenvalue weighted by molar-refractivity contribution is 5.98. The molecule has 0 saturated carbocycles. The van der Waals surface area contributed by atoms with Crippen molar-refractivity contribution < 1.29 is 34.1 Å². The maximum Gasteiger partial charge on any atom is 0.321 e. The summed E-state index contributed by atoms with van der Waals surface area (Å²) in [6, 6.07) is 0. The Hall–Kier alpha value is -2.18. The molecule has 0 amide bonds. The molecule has 2 aliphatic rings. The number of hydrogen-bond donors (Lipinski definition) is 2. The monoisotopic (exact) mass is 282 g/mol. The van der Waals surface area contributed by atoms with Gasteiger partial charge in [-0.2, -0.15) is 0 Å². The number of carboxylic acids is 2. The predicted molar refractivity (Wildman–Crippen MR) is 63.3 cm³/mol. The Morgan fingerprint density at radius 3 is 2.55 bits per heavy atom. The normalized spacial score (nSPS) is 30.2. The van der Waals surface area contributed by atoms with Crippen molar-refractivity contribution in [3.8, 4) is 0 Å². The van der Waals surface area contributed by atoms with Crippen LogP contribution in [0.4, 0.5) is 0 Å². The first-order chi connectivity index (χ1) is 9.31. The van der Waals surface area contributed by atoms with E-state index in [2.05, 4.69) is 4.74 Å². The first-order valence-corrected chi connectivity index (χ1v) is 6.19. The molecule has 20 heavy (non-hydrogen) atoms. The van der Waals surface area contributed by atoms with Crippen molar-refractivity contribution in [2.45, 2.75) is 19.8 Å². The van der Waals surface area contributed by atoms with Crippen LogP contribution >= 0.6 is 0 Å². The largest absolute Gasteiger partial charge is 0.481 e. The minimum atomic E-state index is -1.22. The zero-order chi connectivity index (χ0) is 15.0. The first-order valence-electron chi connectivity index (χ1n) is 6.19. The van der Waals surface area contributed by atoms with Gasteiger partial charge in [-0.05, 0) is 19.3 Å². The average molecular weight is 282 g/mol. The van der Waals surface area contributed by atoms with Gasteiger partial charge in [0, 0.05) is 0 Å². The highest BCUT2D eigenvalue weighted by Gasteiger charge is 2.49. The smallest absolute Gasteiger partial charge is 0.321 e. The third-order valence-corrected chi connectivity index (χ3v) is 3.88. The molecular formula is C13H14O7. The highest BCUT2D eigenvalue weighted by atomic mass is 16.6. The zero-order valence-corrected chi connectivity index (χ0v) is 10.7. The predicted octanol–water partition coefficient (Wildman–Crippen LogP) is 0.444. The number of allylic oxidation sites excluding steroid dienone is 1. The zero-order valence-electron chi connectivity index (χ0n) is 10.7. The number of rotatable bonds is 4. The summed E-state index contributed by atoms with van der Waals surface area (Å²) < 4.78 is 4.57. The molecular weight excluding hydrogens is 268 g/mol. The van der Waals surface area contributed by atoms with E-state index in [1.807, 2.05) is 0 Å². The molecule has 0 bridgehead atoms. The van der Waals surface area contributed by atoms with E-state index in [1.54, 1.807) is 13.0 Å². The molecule has 2 N–H and O–H groups in total. The highest BCUT2D eigenvalue weighted by Crippen LogP contribution is 2.42. The van der Waals surface area contributed by atoms with E-state index in [0.717, 1.165) is 0 Å². The third kappa shape index (κ3) is 2.43. The summed E-state index contributed by atoms with van der Waals surface area (Å²) in [5.41, 5.74) is 0.568. The molecule has 4 atom stereocenters. The lowest BCUT2D eigenvalue weighted by atomic mass is 9.71. The van der Waals surface area contributed by atoms with Gasteiger partial charge in [0.15, 0.2) is 0 Å². The first kappa shape index (κ1) is 14.2. The molecule has 1 aliphatic heterocycles. The van der Waals surface area contributed by atoms with Gasteiger partial charge in [-0.25, -0.2) is 0 Å². The molecule has 0 aromatic rings. The summed E-state index contributed by atoms with van der Waals surface area (Å²) in [6.07, 6.45) is 1.18. The standard InChI is InChI=1S/C13H14O7/c1-5-2-6(7(11(16)17)4-9(14)15)3-8-10(5)13(19)20-12(8)18/h2,6-8,10H,3-4H2,1H3,(H,14,15)(H,16,17). The second kappa shape index (κ2) is 5.07. The lowest BCUT2D eigenvalue weighted by Crippen LogP contribution is -2.33. The van der Waals surface area contributed by atoms with Crippen molar-refractivity contribution in [1.82, 2.24) is 0 Å². The molecule has 7 nitrogen and oxygen atoms in total. The van der Waals surface area contributed by atoms with Gasteiger partial charge in [-0.15, -0.1) is 0 Å². The van der Waals surface area contributed by atoms with E-state index in [9.17, 15) is 19.2 Å². The fourth-order valence-corrected chi connectivity index (χ4v) is 2.97. The second-order valence-electron chi connectivity index (χ2n) is 5.18. The van der Waals surface area contributed by atoms with Crippen molar-refractivity contribution in [2.75, 3.05) is 0 Å². The average Bonchev–Trinajstić information content (AvgIpc) is 2.61. The molecule has 1 heterocycles. The van der Waals surface area contributed by atoms with Crippen LogP contribution in [0.15, 0.2) is 11.6 Å². The van der Waals surface area contributed by atoms with Crippen LogP contribution in [-0.4, -0.2) is 34.1 Å². The Morgan fingerprint density at radius 2 is 2.00 bits per heavy atom. The van der Waals surface area contributed by atoms with Crippen LogP contribution in [0, 0.1) is 23.7 Å². The van der Waals surface area contributed by atoms with E-state index < -0.39 is 54.0 Å². The minimum absolute atomic E-state index is 0.122. The van der Waals surface area contributed by atoms with Crippen LogP contribution in [0.3, 0.4) is 0 Å². The second-order valence-corrected chi connectivity index (χ2v) is 5.18. The Labute approximate surface area is 114 Å². The van der Waals surface area contributed by atoms with Crippen LogP contribution in [0.25, 0.3) is 0 Å². The number of fused-ring (bicyclic) bond motifs is 1. The van der Waals surface area contributed by atoms with Gasteiger partial charge in [0.1, 0.15) is 0 Å². The van der Waals surface area contributed by atoms with Crippen LogP contribution < -0.4 is 0 Å². The van der Waals surface area contributed by atoms with Gasteiger partial charge < -0.3 is 14.9 Å². The van der Waals surface area contributed by atoms with Gasteiger partial charge >= 0.3 is 23.9 Å². The topological polar surface area (TPSA) is 118 Å². The summed E-state index contributed by atoms with van der Waals surface area (Å²) >= 11 is 0. The summed E-state index contributed by atoms with van der Waals surface area (Å²) in [6.45, 7) is 1.63. The molecule has 7 heteroatoms. The Balaban J connectivity index is 2.28. The van der Waals surface area contributed by atoms with Gasteiger partial charge in [0.05, 0.1) is 24.2 Å². The van der Waals surface area contributed by atoms with Gasteiger partial charge in [0.2, 0.25) is 0 Å². The molecule has 0 aromatic carbocycles. The fraction of sp³-hybridized carbons (Fsp3) is 0.538. The molecule has 0 spiro atoms. The van der Waals surface area contributed by atoms with Crippen molar-refractivity contribution in [3.05, 3.63) is 11.6 Å². The number of esters is 2. The number of hydrogen-bond acceptors (Lipinski definition) is 5. The maximum atomic E-state index is 11.6. The molecule has 1 saturated heterocycles. The number of aliphatic carboxylic acids is 2. The summed E-state index contributed by atoms with van der Waals surface area (Å²) in [5.74, 6) is -6.77. The number of carboxylic acid groups (broad SMARTS) is 2. The molecule has 2 rings (SSSR count). The molecule has 1 fully saturated rings. The van der Waals surface area contributed by atoms with E-state index in [1.165, 1.54) is 0 Å². The SMILES string of the molecule is CC1=CC(C(CC(=O)O)C(=O)O)CC2C(=O)OC(=O)C12. The van der Waals surface area contributed by atoms with Crippen LogP contribution in [0.5, 0.6) is 0 Å². The summed E-state index contributed by atoms with van der Waals surface area (Å²) in [4.78, 5) is 45.1. The van der Waals surface area contributed by atoms with E-state index in [0.29, 0.717) is 5.57 Å². The maximum absolute atomic E-state index is 11.6. The molecule has 108 valence electrons. The minimum Gasteiger partial charge on any atom is -0.481 e. The van der Waals surface area contributed by atoms with Crippen molar-refractivity contribution in [2.24, 2.45) is 23.7 Å². The Morgan fingerprint density at radius 1 is 1.35 bits per heavy atom. The van der Waals surface area contributed by atoms with E-state index in [-0.39, 0.29) is 6.42 Å². The number of carbonyl (C=O) groups excluding carboxylic acids is 2. The van der Waals surface area contributed by atoms with Crippen molar-refractivity contribution in [3.63, 3.8) is 0 Å². The van der Waals surface area contributed by atoms with Crippen LogP contribution in [0.2, 0.25) is 0 Å². The number of carbonyl (C=O) groups is 4. The van der Waals surface area contributed by atoms with Gasteiger partial charge in [-0.1, -0.05) is 11.6 Å². The quantitative estimate of drug-likeness (QED) is 0.436. The number of cyclic esters (lactones) is 2. The summed E-state index contributed by atoms with van der Waals surface area (Å²) in [7, 11) is 0. The Bertz CT molecular complexity index is 519. The number of ether oxygens (including phenoxy) is 1. The van der Waals surface area contributed by atoms with Crippen molar-refractivity contribution >= 4 is 23.9 Å². The fourth-order valence-electron chi connectivity index (χ4n) is 2.97. The van der Waals surface area contributed by atoms with Crippen molar-refractivity contribution in [1.29, 1.82) is 0 Å². The lowest BCUT2D eigenvalue weighted by molar-refractivity contribution is -0.154. The van der Waals surface area contributed by atoms with Crippen LogP contribution in [0.1, 0.15) is 19.8 Å². The van der Waals surface area contributed by atoms with Gasteiger partial charge in [-0.3, -0.25) is 19.2 Å². The Kier molecular flexibility index (Phi) is 3.61. The molecule has 0 radical (unpaired) electrons. The third-order valence-electron chi connectivity index (χ3n) is 3.88. The molecule has 0 aromatic heterocycles. The molecule has 1 aliphatic carbocycles. The van der Waals surface area contributed by atoms with Gasteiger partial charge in [0.25, 0.3) is 0 Å².